The van der Waals surface area contributed by atoms with Crippen molar-refractivity contribution in [3.63, 3.8) is 0 Å². The van der Waals surface area contributed by atoms with Crippen LogP contribution in [-0.2, 0) is 0 Å². The number of aliphatic imine (C=N–C) groups is 1. The maximum absolute atomic E-state index is 10.8. The zero-order valence-electron chi connectivity index (χ0n) is 11.6. The number of nitro benzene ring substituents is 1. The van der Waals surface area contributed by atoms with Crippen LogP contribution < -0.4 is 17.8 Å². The molecular formula is C13H16ClN4O2S-. The van der Waals surface area contributed by atoms with Gasteiger partial charge in [0.05, 0.1) is 10.6 Å². The normalized spacial score (nSPS) is 15.9. The van der Waals surface area contributed by atoms with Gasteiger partial charge in [-0.2, -0.15) is 5.10 Å². The average molecular weight is 328 g/mol. The van der Waals surface area contributed by atoms with Gasteiger partial charge in [-0.3, -0.25) is 20.5 Å². The zero-order valence-corrected chi connectivity index (χ0v) is 13.2. The van der Waals surface area contributed by atoms with Crippen molar-refractivity contribution in [3.05, 3.63) is 39.9 Å². The van der Waals surface area contributed by atoms with E-state index in [4.69, 9.17) is 0 Å². The van der Waals surface area contributed by atoms with Crippen LogP contribution in [0, 0.1) is 10.1 Å². The van der Waals surface area contributed by atoms with Gasteiger partial charge in [0, 0.05) is 30.0 Å². The molecule has 0 saturated heterocycles. The minimum atomic E-state index is -0.398. The number of benzene rings is 1. The Bertz CT molecular complexity index is 563. The fraction of sp³-hybridized carbons (Fsp3) is 0.385. The van der Waals surface area contributed by atoms with Crippen LogP contribution >= 0.6 is 11.8 Å². The molecule has 1 aromatic rings. The van der Waals surface area contributed by atoms with Crippen molar-refractivity contribution < 1.29 is 17.3 Å². The molecule has 0 aromatic heterocycles. The SMILES string of the molecule is CCCCN=C1NN=C(c2cccc([N+](=O)[O-])c2)CS1.[Cl-]. The summed E-state index contributed by atoms with van der Waals surface area (Å²) in [5, 5.41) is 15.8. The molecule has 1 aliphatic rings. The van der Waals surface area contributed by atoms with Crippen molar-refractivity contribution in [1.82, 2.24) is 5.43 Å². The smallest absolute Gasteiger partial charge is 0.270 e. The third kappa shape index (κ3) is 5.02. The first kappa shape index (κ1) is 17.5. The number of unbranched alkanes of at least 4 members (excludes halogenated alkanes) is 1. The Labute approximate surface area is 133 Å². The Hall–Kier alpha value is -1.60. The number of nitrogens with zero attached hydrogens (tertiary/aromatic N) is 3. The van der Waals surface area contributed by atoms with Gasteiger partial charge < -0.3 is 12.4 Å². The zero-order chi connectivity index (χ0) is 14.4. The van der Waals surface area contributed by atoms with E-state index in [1.165, 1.54) is 6.07 Å². The Morgan fingerprint density at radius 1 is 1.52 bits per heavy atom. The van der Waals surface area contributed by atoms with E-state index < -0.39 is 4.92 Å². The van der Waals surface area contributed by atoms with E-state index in [2.05, 4.69) is 22.4 Å². The van der Waals surface area contributed by atoms with Gasteiger partial charge >= 0.3 is 0 Å². The predicted molar refractivity (Wildman–Crippen MR) is 82.4 cm³/mol. The molecule has 0 unspecified atom stereocenters. The molecule has 1 aliphatic heterocycles. The molecule has 0 aliphatic carbocycles. The van der Waals surface area contributed by atoms with Crippen LogP contribution in [0.1, 0.15) is 25.3 Å². The molecule has 0 amide bonds. The second-order valence-electron chi connectivity index (χ2n) is 4.31. The summed E-state index contributed by atoms with van der Waals surface area (Å²) in [5.74, 6) is 0.666. The lowest BCUT2D eigenvalue weighted by Gasteiger charge is -2.14. The van der Waals surface area contributed by atoms with E-state index in [0.717, 1.165) is 35.8 Å². The highest BCUT2D eigenvalue weighted by molar-refractivity contribution is 8.14. The van der Waals surface area contributed by atoms with Gasteiger partial charge in [-0.25, -0.2) is 0 Å². The lowest BCUT2D eigenvalue weighted by Crippen LogP contribution is -3.00. The summed E-state index contributed by atoms with van der Waals surface area (Å²) >= 11 is 1.57. The first-order valence-electron chi connectivity index (χ1n) is 6.45. The number of nitrogens with one attached hydrogen (secondary N) is 1. The second kappa shape index (κ2) is 8.63. The Kier molecular flexibility index (Phi) is 7.18. The summed E-state index contributed by atoms with van der Waals surface area (Å²) in [5.41, 5.74) is 4.56. The molecule has 2 rings (SSSR count). The van der Waals surface area contributed by atoms with Crippen molar-refractivity contribution in [2.24, 2.45) is 10.1 Å². The van der Waals surface area contributed by atoms with E-state index in [1.807, 2.05) is 6.07 Å². The minimum Gasteiger partial charge on any atom is -1.00 e. The van der Waals surface area contributed by atoms with Crippen LogP contribution in [0.5, 0.6) is 0 Å². The number of hydrogen-bond donors (Lipinski definition) is 1. The molecule has 1 heterocycles. The molecule has 0 atom stereocenters. The van der Waals surface area contributed by atoms with Crippen molar-refractivity contribution >= 4 is 28.3 Å². The van der Waals surface area contributed by atoms with Gasteiger partial charge in [-0.05, 0) is 6.42 Å². The van der Waals surface area contributed by atoms with E-state index >= 15 is 0 Å². The van der Waals surface area contributed by atoms with Crippen molar-refractivity contribution in [1.29, 1.82) is 0 Å². The number of thioether (sulfide) groups is 1. The third-order valence-electron chi connectivity index (χ3n) is 2.79. The molecule has 0 bridgehead atoms. The topological polar surface area (TPSA) is 79.9 Å². The Morgan fingerprint density at radius 2 is 2.33 bits per heavy atom. The lowest BCUT2D eigenvalue weighted by atomic mass is 10.1. The monoisotopic (exact) mass is 327 g/mol. The van der Waals surface area contributed by atoms with Crippen LogP contribution in [0.25, 0.3) is 0 Å². The summed E-state index contributed by atoms with van der Waals surface area (Å²) < 4.78 is 0. The number of hydrogen-bond acceptors (Lipinski definition) is 5. The summed E-state index contributed by atoms with van der Waals surface area (Å²) in [4.78, 5) is 14.8. The van der Waals surface area contributed by atoms with Crippen LogP contribution in [0.4, 0.5) is 5.69 Å². The fourth-order valence-electron chi connectivity index (χ4n) is 1.68. The highest BCUT2D eigenvalue weighted by atomic mass is 35.5. The van der Waals surface area contributed by atoms with Crippen LogP contribution in [0.2, 0.25) is 0 Å². The standard InChI is InChI=1S/C13H16N4O2S.ClH/c1-2-3-7-14-13-16-15-12(9-20-13)10-5-4-6-11(8-10)17(18)19;/h4-6,8H,2-3,7,9H2,1H3,(H,14,16);1H/p-1. The van der Waals surface area contributed by atoms with Gasteiger partial charge in [0.1, 0.15) is 0 Å². The Balaban J connectivity index is 0.00000220. The Morgan fingerprint density at radius 3 is 2.95 bits per heavy atom. The van der Waals surface area contributed by atoms with Crippen LogP contribution in [0.3, 0.4) is 0 Å². The largest absolute Gasteiger partial charge is 1.00 e. The number of nitro groups is 1. The molecule has 6 nitrogen and oxygen atoms in total. The van der Waals surface area contributed by atoms with Crippen molar-refractivity contribution in [3.8, 4) is 0 Å². The minimum absolute atomic E-state index is 0. The summed E-state index contributed by atoms with van der Waals surface area (Å²) in [6.07, 6.45) is 2.18. The van der Waals surface area contributed by atoms with E-state index in [9.17, 15) is 10.1 Å². The number of halogens is 1. The van der Waals surface area contributed by atoms with Gasteiger partial charge in [0.2, 0.25) is 0 Å². The van der Waals surface area contributed by atoms with Crippen LogP contribution in [-0.4, -0.2) is 28.1 Å². The number of hydrazone groups is 1. The van der Waals surface area contributed by atoms with Gasteiger partial charge in [0.15, 0.2) is 5.17 Å². The van der Waals surface area contributed by atoms with Crippen LogP contribution in [0.15, 0.2) is 34.4 Å². The number of non-ortho nitro benzene ring substituents is 1. The quantitative estimate of drug-likeness (QED) is 0.461. The third-order valence-corrected chi connectivity index (χ3v) is 3.70. The van der Waals surface area contributed by atoms with Gasteiger partial charge in [-0.1, -0.05) is 37.2 Å². The average Bonchev–Trinajstić information content (AvgIpc) is 2.48. The fourth-order valence-corrected chi connectivity index (χ4v) is 2.48. The molecule has 0 radical (unpaired) electrons. The summed E-state index contributed by atoms with van der Waals surface area (Å²) in [6, 6.07) is 6.52. The van der Waals surface area contributed by atoms with E-state index in [1.54, 1.807) is 23.9 Å². The molecule has 0 fully saturated rings. The molecule has 0 spiro atoms. The molecule has 114 valence electrons. The molecule has 0 saturated carbocycles. The molecular weight excluding hydrogens is 312 g/mol. The maximum Gasteiger partial charge on any atom is 0.270 e. The van der Waals surface area contributed by atoms with Crippen molar-refractivity contribution in [2.45, 2.75) is 19.8 Å². The molecule has 8 heteroatoms. The van der Waals surface area contributed by atoms with E-state index in [0.29, 0.717) is 5.75 Å². The predicted octanol–water partition coefficient (Wildman–Crippen LogP) is -0.205. The second-order valence-corrected chi connectivity index (χ2v) is 5.27. The maximum atomic E-state index is 10.8. The molecule has 1 aromatic carbocycles. The lowest BCUT2D eigenvalue weighted by molar-refractivity contribution is -0.384. The van der Waals surface area contributed by atoms with Crippen molar-refractivity contribution in [2.75, 3.05) is 12.3 Å². The van der Waals surface area contributed by atoms with Gasteiger partial charge in [0.25, 0.3) is 5.69 Å². The highest BCUT2D eigenvalue weighted by Gasteiger charge is 2.15. The van der Waals surface area contributed by atoms with Gasteiger partial charge in [-0.15, -0.1) is 0 Å². The highest BCUT2D eigenvalue weighted by Crippen LogP contribution is 2.18. The van der Waals surface area contributed by atoms with E-state index in [-0.39, 0.29) is 18.1 Å². The first-order valence-corrected chi connectivity index (χ1v) is 7.44. The summed E-state index contributed by atoms with van der Waals surface area (Å²) in [7, 11) is 0. The molecule has 21 heavy (non-hydrogen) atoms. The first-order chi connectivity index (χ1) is 9.70. The number of amidine groups is 1. The molecule has 1 N–H and O–H groups in total. The number of rotatable bonds is 5. The summed E-state index contributed by atoms with van der Waals surface area (Å²) in [6.45, 7) is 2.92.